The zero-order valence-corrected chi connectivity index (χ0v) is 7.20. The van der Waals surface area contributed by atoms with Gasteiger partial charge in [0.15, 0.2) is 0 Å². The first kappa shape index (κ1) is 8.96. The SMILES string of the molecule is Cc1ccnc(N(CN)CN)c1. The molecule has 4 N–H and O–H groups in total. The van der Waals surface area contributed by atoms with Crippen molar-refractivity contribution in [1.29, 1.82) is 0 Å². The van der Waals surface area contributed by atoms with Crippen molar-refractivity contribution in [2.75, 3.05) is 18.2 Å². The maximum Gasteiger partial charge on any atom is 0.130 e. The van der Waals surface area contributed by atoms with Crippen LogP contribution in [0.25, 0.3) is 0 Å². The molecule has 4 nitrogen and oxygen atoms in total. The lowest BCUT2D eigenvalue weighted by molar-refractivity contribution is 0.806. The van der Waals surface area contributed by atoms with E-state index in [-0.39, 0.29) is 0 Å². The summed E-state index contributed by atoms with van der Waals surface area (Å²) in [5.41, 5.74) is 12.1. The zero-order valence-electron chi connectivity index (χ0n) is 7.20. The van der Waals surface area contributed by atoms with Crippen molar-refractivity contribution < 1.29 is 0 Å². The highest BCUT2D eigenvalue weighted by Gasteiger charge is 2.01. The largest absolute Gasteiger partial charge is 0.332 e. The van der Waals surface area contributed by atoms with Gasteiger partial charge in [0, 0.05) is 6.20 Å². The minimum atomic E-state index is 0.396. The Morgan fingerprint density at radius 2 is 2.08 bits per heavy atom. The molecule has 4 heteroatoms. The molecule has 0 aliphatic carbocycles. The van der Waals surface area contributed by atoms with Gasteiger partial charge in [0.05, 0.1) is 13.3 Å². The quantitative estimate of drug-likeness (QED) is 0.621. The summed E-state index contributed by atoms with van der Waals surface area (Å²) in [5, 5.41) is 0. The predicted octanol–water partition coefficient (Wildman–Crippen LogP) is 0.0288. The summed E-state index contributed by atoms with van der Waals surface area (Å²) in [7, 11) is 0. The maximum absolute atomic E-state index is 5.47. The number of hydrogen-bond acceptors (Lipinski definition) is 4. The highest BCUT2D eigenvalue weighted by molar-refractivity contribution is 5.39. The molecule has 0 fully saturated rings. The molecule has 0 saturated heterocycles. The highest BCUT2D eigenvalue weighted by Crippen LogP contribution is 2.09. The average molecular weight is 166 g/mol. The van der Waals surface area contributed by atoms with Crippen molar-refractivity contribution in [3.8, 4) is 0 Å². The van der Waals surface area contributed by atoms with Crippen LogP contribution in [0, 0.1) is 6.92 Å². The summed E-state index contributed by atoms with van der Waals surface area (Å²) in [6.45, 7) is 2.80. The molecule has 0 aliphatic heterocycles. The first-order valence-electron chi connectivity index (χ1n) is 3.85. The fourth-order valence-electron chi connectivity index (χ4n) is 0.955. The number of nitrogens with two attached hydrogens (primary N) is 2. The molecule has 1 heterocycles. The fraction of sp³-hybridized carbons (Fsp3) is 0.375. The van der Waals surface area contributed by atoms with Crippen LogP contribution in [0.2, 0.25) is 0 Å². The highest BCUT2D eigenvalue weighted by atomic mass is 15.3. The van der Waals surface area contributed by atoms with Gasteiger partial charge in [-0.1, -0.05) is 0 Å². The number of anilines is 1. The van der Waals surface area contributed by atoms with Crippen LogP contribution in [0.1, 0.15) is 5.56 Å². The van der Waals surface area contributed by atoms with Crippen LogP contribution in [-0.4, -0.2) is 18.3 Å². The second-order valence-corrected chi connectivity index (χ2v) is 2.60. The van der Waals surface area contributed by atoms with Gasteiger partial charge >= 0.3 is 0 Å². The third-order valence-corrected chi connectivity index (χ3v) is 1.67. The molecule has 0 amide bonds. The van der Waals surface area contributed by atoms with E-state index in [4.69, 9.17) is 11.5 Å². The summed E-state index contributed by atoms with van der Waals surface area (Å²) in [6.07, 6.45) is 1.75. The molecule has 12 heavy (non-hydrogen) atoms. The molecular formula is C8H14N4. The minimum Gasteiger partial charge on any atom is -0.332 e. The van der Waals surface area contributed by atoms with Gasteiger partial charge < -0.3 is 16.4 Å². The maximum atomic E-state index is 5.47. The monoisotopic (exact) mass is 166 g/mol. The lowest BCUT2D eigenvalue weighted by Gasteiger charge is -2.18. The molecule has 1 rings (SSSR count). The molecule has 66 valence electrons. The first-order chi connectivity index (χ1) is 5.77. The molecule has 0 aromatic carbocycles. The molecule has 0 spiro atoms. The van der Waals surface area contributed by atoms with Gasteiger partial charge in [-0.2, -0.15) is 0 Å². The molecule has 1 aromatic rings. The molecule has 0 aliphatic rings. The fourth-order valence-corrected chi connectivity index (χ4v) is 0.955. The van der Waals surface area contributed by atoms with Crippen LogP contribution in [-0.2, 0) is 0 Å². The van der Waals surface area contributed by atoms with Crippen molar-refractivity contribution in [1.82, 2.24) is 4.98 Å². The van der Waals surface area contributed by atoms with E-state index in [2.05, 4.69) is 4.98 Å². The Hall–Kier alpha value is -1.13. The topological polar surface area (TPSA) is 68.2 Å². The molecule has 1 aromatic heterocycles. The van der Waals surface area contributed by atoms with E-state index in [1.807, 2.05) is 19.1 Å². The van der Waals surface area contributed by atoms with Crippen molar-refractivity contribution in [3.05, 3.63) is 23.9 Å². The molecule has 0 unspecified atom stereocenters. The molecule has 0 radical (unpaired) electrons. The summed E-state index contributed by atoms with van der Waals surface area (Å²) >= 11 is 0. The van der Waals surface area contributed by atoms with Gasteiger partial charge in [0.2, 0.25) is 0 Å². The van der Waals surface area contributed by atoms with E-state index in [1.54, 1.807) is 11.1 Å². The van der Waals surface area contributed by atoms with E-state index in [9.17, 15) is 0 Å². The Morgan fingerprint density at radius 3 is 2.58 bits per heavy atom. The zero-order chi connectivity index (χ0) is 8.97. The van der Waals surface area contributed by atoms with E-state index >= 15 is 0 Å². The lowest BCUT2D eigenvalue weighted by atomic mass is 10.3. The van der Waals surface area contributed by atoms with Gasteiger partial charge in [-0.15, -0.1) is 0 Å². The van der Waals surface area contributed by atoms with Crippen molar-refractivity contribution in [2.24, 2.45) is 11.5 Å². The number of aryl methyl sites for hydroxylation is 1. The van der Waals surface area contributed by atoms with Crippen LogP contribution in [0.3, 0.4) is 0 Å². The number of hydrogen-bond donors (Lipinski definition) is 2. The summed E-state index contributed by atoms with van der Waals surface area (Å²) in [5.74, 6) is 0.833. The normalized spacial score (nSPS) is 9.92. The van der Waals surface area contributed by atoms with Gasteiger partial charge in [-0.25, -0.2) is 4.98 Å². The first-order valence-corrected chi connectivity index (χ1v) is 3.85. The van der Waals surface area contributed by atoms with Gasteiger partial charge in [0.1, 0.15) is 5.82 Å². The van der Waals surface area contributed by atoms with Crippen molar-refractivity contribution in [2.45, 2.75) is 6.92 Å². The number of aromatic nitrogens is 1. The predicted molar refractivity (Wildman–Crippen MR) is 49.6 cm³/mol. The van der Waals surface area contributed by atoms with Crippen LogP contribution >= 0.6 is 0 Å². The Kier molecular flexibility index (Phi) is 3.01. The number of nitrogens with zero attached hydrogens (tertiary/aromatic N) is 2. The second-order valence-electron chi connectivity index (χ2n) is 2.60. The molecule has 0 bridgehead atoms. The Labute approximate surface area is 72.2 Å². The van der Waals surface area contributed by atoms with E-state index in [0.29, 0.717) is 13.3 Å². The van der Waals surface area contributed by atoms with E-state index < -0.39 is 0 Å². The Morgan fingerprint density at radius 1 is 1.42 bits per heavy atom. The second kappa shape index (κ2) is 4.04. The van der Waals surface area contributed by atoms with E-state index in [0.717, 1.165) is 11.4 Å². The summed E-state index contributed by atoms with van der Waals surface area (Å²) in [6, 6.07) is 3.90. The molecule has 0 atom stereocenters. The Balaban J connectivity index is 2.85. The van der Waals surface area contributed by atoms with Crippen LogP contribution in [0.4, 0.5) is 5.82 Å². The smallest absolute Gasteiger partial charge is 0.130 e. The Bertz CT molecular complexity index is 245. The van der Waals surface area contributed by atoms with Crippen LogP contribution < -0.4 is 16.4 Å². The van der Waals surface area contributed by atoms with Gasteiger partial charge in [0.25, 0.3) is 0 Å². The van der Waals surface area contributed by atoms with E-state index in [1.165, 1.54) is 0 Å². The van der Waals surface area contributed by atoms with Gasteiger partial charge in [-0.3, -0.25) is 0 Å². The summed E-state index contributed by atoms with van der Waals surface area (Å²) < 4.78 is 0. The van der Waals surface area contributed by atoms with Crippen LogP contribution in [0.5, 0.6) is 0 Å². The van der Waals surface area contributed by atoms with Crippen LogP contribution in [0.15, 0.2) is 18.3 Å². The minimum absolute atomic E-state index is 0.396. The molecular weight excluding hydrogens is 152 g/mol. The lowest BCUT2D eigenvalue weighted by Crippen LogP contribution is -2.35. The summed E-state index contributed by atoms with van der Waals surface area (Å²) in [4.78, 5) is 5.95. The number of pyridine rings is 1. The third-order valence-electron chi connectivity index (χ3n) is 1.67. The number of rotatable bonds is 3. The third kappa shape index (κ3) is 1.93. The average Bonchev–Trinajstić information content (AvgIpc) is 2.07. The standard InChI is InChI=1S/C8H14N4/c1-7-2-3-11-8(4-7)12(5-9)6-10/h2-4H,5-6,9-10H2,1H3. The van der Waals surface area contributed by atoms with Crippen molar-refractivity contribution in [3.63, 3.8) is 0 Å². The molecule has 0 saturated carbocycles. The van der Waals surface area contributed by atoms with Crippen molar-refractivity contribution >= 4 is 5.82 Å². The van der Waals surface area contributed by atoms with Gasteiger partial charge in [-0.05, 0) is 24.6 Å².